The molecule has 0 atom stereocenters. The fraction of sp³-hybridized carbons (Fsp3) is 0.700. The van der Waals surface area contributed by atoms with Gasteiger partial charge in [0, 0.05) is 19.8 Å². The van der Waals surface area contributed by atoms with Crippen LogP contribution in [-0.4, -0.2) is 33.1 Å². The van der Waals surface area contributed by atoms with E-state index in [2.05, 4.69) is 0 Å². The van der Waals surface area contributed by atoms with Gasteiger partial charge in [-0.3, -0.25) is 0 Å². The van der Waals surface area contributed by atoms with E-state index in [1.165, 1.54) is 14.2 Å². The average Bonchev–Trinajstić information content (AvgIpc) is 2.21. The van der Waals surface area contributed by atoms with E-state index in [0.29, 0.717) is 12.2 Å². The lowest BCUT2D eigenvalue weighted by molar-refractivity contribution is -0.139. The lowest BCUT2D eigenvalue weighted by Crippen LogP contribution is -2.13. The Morgan fingerprint density at radius 2 is 1.93 bits per heavy atom. The molecule has 0 amide bonds. The van der Waals surface area contributed by atoms with Crippen LogP contribution in [0.1, 0.15) is 20.3 Å². The minimum atomic E-state index is -0.496. The molecule has 0 N–H and O–H groups in total. The molecule has 0 aromatic heterocycles. The van der Waals surface area contributed by atoms with E-state index in [1.54, 1.807) is 13.0 Å². The quantitative estimate of drug-likeness (QED) is 0.372. The number of esters is 1. The maximum Gasteiger partial charge on any atom is 0.333 e. The molecule has 0 bridgehead atoms. The molecule has 0 aliphatic heterocycles. The molecule has 0 aliphatic rings. The molecule has 0 heterocycles. The van der Waals surface area contributed by atoms with Gasteiger partial charge in [0.15, 0.2) is 6.29 Å². The van der Waals surface area contributed by atoms with Crippen molar-refractivity contribution in [1.29, 1.82) is 0 Å². The van der Waals surface area contributed by atoms with E-state index >= 15 is 0 Å². The van der Waals surface area contributed by atoms with Crippen LogP contribution >= 0.6 is 0 Å². The average molecular weight is 202 g/mol. The summed E-state index contributed by atoms with van der Waals surface area (Å²) in [5, 5.41) is 0. The first-order valence-electron chi connectivity index (χ1n) is 4.56. The Morgan fingerprint density at radius 1 is 1.36 bits per heavy atom. The highest BCUT2D eigenvalue weighted by atomic mass is 16.7. The number of methoxy groups -OCH3 is 2. The van der Waals surface area contributed by atoms with Gasteiger partial charge in [-0.05, 0) is 19.4 Å². The fourth-order valence-corrected chi connectivity index (χ4v) is 0.813. The molecule has 0 rings (SSSR count). The van der Waals surface area contributed by atoms with Crippen molar-refractivity contribution >= 4 is 5.97 Å². The summed E-state index contributed by atoms with van der Waals surface area (Å²) in [5.41, 5.74) is 0.493. The van der Waals surface area contributed by atoms with Crippen LogP contribution in [0.25, 0.3) is 0 Å². The molecule has 0 radical (unpaired) electrons. The van der Waals surface area contributed by atoms with Crippen molar-refractivity contribution in [3.63, 3.8) is 0 Å². The summed E-state index contributed by atoms with van der Waals surface area (Å²) in [6, 6.07) is 0. The molecule has 82 valence electrons. The Balaban J connectivity index is 4.13. The lowest BCUT2D eigenvalue weighted by atomic mass is 10.3. The second-order valence-corrected chi connectivity index (χ2v) is 2.83. The highest BCUT2D eigenvalue weighted by molar-refractivity contribution is 5.87. The van der Waals surface area contributed by atoms with E-state index in [1.807, 2.05) is 6.92 Å². The summed E-state index contributed by atoms with van der Waals surface area (Å²) in [4.78, 5) is 11.3. The standard InChI is InChI=1S/C10H18O4/c1-5-6-14-10(11)8(2)7-9(12-3)13-4/h7,9H,5-6H2,1-4H3/b8-7+. The third kappa shape index (κ3) is 4.99. The zero-order chi connectivity index (χ0) is 11.0. The van der Waals surface area contributed by atoms with Crippen molar-refractivity contribution in [2.75, 3.05) is 20.8 Å². The van der Waals surface area contributed by atoms with Gasteiger partial charge >= 0.3 is 5.97 Å². The Hall–Kier alpha value is -0.870. The zero-order valence-electron chi connectivity index (χ0n) is 9.20. The summed E-state index contributed by atoms with van der Waals surface area (Å²) in [6.07, 6.45) is 1.90. The highest BCUT2D eigenvalue weighted by Crippen LogP contribution is 2.02. The maximum absolute atomic E-state index is 11.3. The molecule has 0 aromatic rings. The second-order valence-electron chi connectivity index (χ2n) is 2.83. The van der Waals surface area contributed by atoms with E-state index in [0.717, 1.165) is 6.42 Å². The predicted molar refractivity (Wildman–Crippen MR) is 52.8 cm³/mol. The van der Waals surface area contributed by atoms with Gasteiger partial charge in [-0.25, -0.2) is 4.79 Å². The van der Waals surface area contributed by atoms with Gasteiger partial charge in [-0.2, -0.15) is 0 Å². The lowest BCUT2D eigenvalue weighted by Gasteiger charge is -2.09. The Bertz CT molecular complexity index is 194. The first-order chi connectivity index (χ1) is 6.65. The molecule has 0 saturated heterocycles. The van der Waals surface area contributed by atoms with Crippen molar-refractivity contribution in [2.45, 2.75) is 26.6 Å². The molecular weight excluding hydrogens is 184 g/mol. The normalized spacial score (nSPS) is 11.9. The van der Waals surface area contributed by atoms with Crippen molar-refractivity contribution in [3.05, 3.63) is 11.6 Å². The molecule has 0 unspecified atom stereocenters. The Morgan fingerprint density at radius 3 is 2.36 bits per heavy atom. The monoisotopic (exact) mass is 202 g/mol. The summed E-state index contributed by atoms with van der Waals surface area (Å²) < 4.78 is 14.8. The number of hydrogen-bond donors (Lipinski definition) is 0. The van der Waals surface area contributed by atoms with Crippen LogP contribution < -0.4 is 0 Å². The summed E-state index contributed by atoms with van der Waals surface area (Å²) in [7, 11) is 3.02. The van der Waals surface area contributed by atoms with Crippen LogP contribution in [-0.2, 0) is 19.0 Å². The van der Waals surface area contributed by atoms with Crippen molar-refractivity contribution in [2.24, 2.45) is 0 Å². The van der Waals surface area contributed by atoms with Crippen LogP contribution in [0.2, 0.25) is 0 Å². The predicted octanol–water partition coefficient (Wildman–Crippen LogP) is 1.50. The Kier molecular flexibility index (Phi) is 7.06. The van der Waals surface area contributed by atoms with Gasteiger partial charge in [-0.1, -0.05) is 6.92 Å². The summed E-state index contributed by atoms with van der Waals surface area (Å²) in [6.45, 7) is 4.05. The van der Waals surface area contributed by atoms with Crippen LogP contribution in [0.4, 0.5) is 0 Å². The molecular formula is C10H18O4. The topological polar surface area (TPSA) is 44.8 Å². The van der Waals surface area contributed by atoms with Crippen LogP contribution in [0.3, 0.4) is 0 Å². The molecule has 14 heavy (non-hydrogen) atoms. The van der Waals surface area contributed by atoms with Gasteiger partial charge < -0.3 is 14.2 Å². The zero-order valence-corrected chi connectivity index (χ0v) is 9.20. The number of carbonyl (C=O) groups is 1. The van der Waals surface area contributed by atoms with Crippen molar-refractivity contribution < 1.29 is 19.0 Å². The van der Waals surface area contributed by atoms with Gasteiger partial charge in [0.25, 0.3) is 0 Å². The summed E-state index contributed by atoms with van der Waals surface area (Å²) >= 11 is 0. The van der Waals surface area contributed by atoms with Gasteiger partial charge in [-0.15, -0.1) is 0 Å². The van der Waals surface area contributed by atoms with Gasteiger partial charge in [0.05, 0.1) is 6.61 Å². The largest absolute Gasteiger partial charge is 0.462 e. The SMILES string of the molecule is CCCOC(=O)/C(C)=C/C(OC)OC. The van der Waals surface area contributed by atoms with E-state index < -0.39 is 6.29 Å². The molecule has 0 spiro atoms. The first kappa shape index (κ1) is 13.1. The number of carbonyl (C=O) groups excluding carboxylic acids is 1. The van der Waals surface area contributed by atoms with Gasteiger partial charge in [0.1, 0.15) is 0 Å². The number of rotatable bonds is 6. The second kappa shape index (κ2) is 7.53. The molecule has 0 saturated carbocycles. The minimum absolute atomic E-state index is 0.328. The van der Waals surface area contributed by atoms with Gasteiger partial charge in [0.2, 0.25) is 0 Å². The molecule has 0 aromatic carbocycles. The van der Waals surface area contributed by atoms with Crippen molar-refractivity contribution in [3.8, 4) is 0 Å². The van der Waals surface area contributed by atoms with E-state index in [-0.39, 0.29) is 5.97 Å². The van der Waals surface area contributed by atoms with E-state index in [4.69, 9.17) is 14.2 Å². The highest BCUT2D eigenvalue weighted by Gasteiger charge is 2.08. The van der Waals surface area contributed by atoms with Crippen LogP contribution in [0, 0.1) is 0 Å². The summed E-state index contributed by atoms with van der Waals surface area (Å²) in [5.74, 6) is -0.328. The number of hydrogen-bond acceptors (Lipinski definition) is 4. The van der Waals surface area contributed by atoms with Crippen molar-refractivity contribution in [1.82, 2.24) is 0 Å². The van der Waals surface area contributed by atoms with Crippen LogP contribution in [0.5, 0.6) is 0 Å². The first-order valence-corrected chi connectivity index (χ1v) is 4.56. The molecule has 4 heteroatoms. The van der Waals surface area contributed by atoms with E-state index in [9.17, 15) is 4.79 Å². The fourth-order valence-electron chi connectivity index (χ4n) is 0.813. The van der Waals surface area contributed by atoms with Crippen LogP contribution in [0.15, 0.2) is 11.6 Å². The third-order valence-corrected chi connectivity index (χ3v) is 1.61. The minimum Gasteiger partial charge on any atom is -0.462 e. The molecule has 4 nitrogen and oxygen atoms in total. The number of ether oxygens (including phenoxy) is 3. The maximum atomic E-state index is 11.3. The molecule has 0 fully saturated rings. The smallest absolute Gasteiger partial charge is 0.333 e. The Labute approximate surface area is 84.8 Å². The third-order valence-electron chi connectivity index (χ3n) is 1.61. The molecule has 0 aliphatic carbocycles.